The Bertz CT molecular complexity index is 1020. The molecule has 0 bridgehead atoms. The Morgan fingerprint density at radius 3 is 2.41 bits per heavy atom. The number of rotatable bonds is 7. The zero-order chi connectivity index (χ0) is 23.3. The minimum atomic E-state index is -0.448. The molecule has 168 valence electrons. The van der Waals surface area contributed by atoms with E-state index in [0.717, 1.165) is 11.3 Å². The van der Waals surface area contributed by atoms with Crippen molar-refractivity contribution in [1.82, 2.24) is 10.2 Å². The average molecular weight is 454 g/mol. The molecule has 1 amide bonds. The highest BCUT2D eigenvalue weighted by Crippen LogP contribution is 2.31. The Balaban J connectivity index is 1.72. The lowest BCUT2D eigenvalue weighted by molar-refractivity contribution is -0.143. The van der Waals surface area contributed by atoms with Crippen molar-refractivity contribution >= 4 is 34.9 Å². The average Bonchev–Trinajstić information content (AvgIpc) is 2.76. The van der Waals surface area contributed by atoms with E-state index in [-0.39, 0.29) is 24.6 Å². The van der Waals surface area contributed by atoms with Crippen molar-refractivity contribution in [2.45, 2.75) is 32.9 Å². The molecule has 2 aromatic carbocycles. The Hall–Kier alpha value is -3.39. The predicted molar refractivity (Wildman–Crippen MR) is 127 cm³/mol. The molecule has 0 saturated carbocycles. The Labute approximate surface area is 193 Å². The maximum atomic E-state index is 12.8. The summed E-state index contributed by atoms with van der Waals surface area (Å²) in [5.74, 6) is -0.0257. The SMILES string of the molecule is CC1=C(C(=O)OC(C)C)C(c2ccc(NC(=O)COc3ccccc3)cc2)NC(=S)N1C. The second kappa shape index (κ2) is 10.3. The lowest BCUT2D eigenvalue weighted by Gasteiger charge is -2.35. The highest BCUT2D eigenvalue weighted by Gasteiger charge is 2.33. The van der Waals surface area contributed by atoms with Gasteiger partial charge in [-0.1, -0.05) is 30.3 Å². The van der Waals surface area contributed by atoms with Crippen LogP contribution >= 0.6 is 12.2 Å². The van der Waals surface area contributed by atoms with Gasteiger partial charge in [0.2, 0.25) is 0 Å². The maximum Gasteiger partial charge on any atom is 0.338 e. The lowest BCUT2D eigenvalue weighted by Crippen LogP contribution is -2.46. The van der Waals surface area contributed by atoms with Gasteiger partial charge in [0.1, 0.15) is 5.75 Å². The number of esters is 1. The smallest absolute Gasteiger partial charge is 0.338 e. The quantitative estimate of drug-likeness (QED) is 0.488. The van der Waals surface area contributed by atoms with E-state index in [4.69, 9.17) is 21.7 Å². The van der Waals surface area contributed by atoms with Crippen LogP contribution in [0.4, 0.5) is 5.69 Å². The summed E-state index contributed by atoms with van der Waals surface area (Å²) < 4.78 is 10.9. The summed E-state index contributed by atoms with van der Waals surface area (Å²) in [6.45, 7) is 5.38. The van der Waals surface area contributed by atoms with Crippen LogP contribution in [0.5, 0.6) is 5.75 Å². The van der Waals surface area contributed by atoms with Gasteiger partial charge in [-0.05, 0) is 62.8 Å². The number of ether oxygens (including phenoxy) is 2. The second-order valence-electron chi connectivity index (χ2n) is 7.67. The summed E-state index contributed by atoms with van der Waals surface area (Å²) in [6, 6.07) is 15.9. The van der Waals surface area contributed by atoms with Gasteiger partial charge in [0.15, 0.2) is 11.7 Å². The number of carbonyl (C=O) groups excluding carboxylic acids is 2. The first kappa shape index (κ1) is 23.3. The third-order valence-corrected chi connectivity index (χ3v) is 5.35. The molecule has 2 aromatic rings. The first-order valence-corrected chi connectivity index (χ1v) is 10.7. The first-order chi connectivity index (χ1) is 15.3. The van der Waals surface area contributed by atoms with Crippen LogP contribution in [0.15, 0.2) is 65.9 Å². The Morgan fingerprint density at radius 1 is 1.12 bits per heavy atom. The molecule has 1 aliphatic rings. The van der Waals surface area contributed by atoms with Crippen molar-refractivity contribution in [2.75, 3.05) is 19.0 Å². The summed E-state index contributed by atoms with van der Waals surface area (Å²) in [5, 5.41) is 6.53. The third-order valence-electron chi connectivity index (χ3n) is 4.96. The molecule has 0 aliphatic carbocycles. The number of nitrogens with zero attached hydrogens (tertiary/aromatic N) is 1. The van der Waals surface area contributed by atoms with E-state index in [1.165, 1.54) is 0 Å². The molecule has 7 nitrogen and oxygen atoms in total. The lowest BCUT2D eigenvalue weighted by atomic mass is 9.95. The number of carbonyl (C=O) groups is 2. The van der Waals surface area contributed by atoms with E-state index >= 15 is 0 Å². The van der Waals surface area contributed by atoms with E-state index in [0.29, 0.717) is 22.1 Å². The number of nitrogens with one attached hydrogen (secondary N) is 2. The first-order valence-electron chi connectivity index (χ1n) is 10.3. The summed E-state index contributed by atoms with van der Waals surface area (Å²) in [4.78, 5) is 26.7. The van der Waals surface area contributed by atoms with Crippen molar-refractivity contribution in [3.05, 3.63) is 71.4 Å². The fourth-order valence-corrected chi connectivity index (χ4v) is 3.50. The molecule has 2 N–H and O–H groups in total. The molecule has 0 aromatic heterocycles. The van der Waals surface area contributed by atoms with Gasteiger partial charge in [0.25, 0.3) is 5.91 Å². The second-order valence-corrected chi connectivity index (χ2v) is 8.05. The number of allylic oxidation sites excluding steroid dienone is 1. The van der Waals surface area contributed by atoms with Gasteiger partial charge in [-0.3, -0.25) is 4.79 Å². The van der Waals surface area contributed by atoms with Crippen LogP contribution in [-0.2, 0) is 14.3 Å². The monoisotopic (exact) mass is 453 g/mol. The molecule has 0 radical (unpaired) electrons. The molecule has 0 saturated heterocycles. The maximum absolute atomic E-state index is 12.8. The van der Waals surface area contributed by atoms with Crippen LogP contribution < -0.4 is 15.4 Å². The predicted octanol–water partition coefficient (Wildman–Crippen LogP) is 3.79. The van der Waals surface area contributed by atoms with E-state index in [1.807, 2.05) is 51.1 Å². The van der Waals surface area contributed by atoms with Crippen molar-refractivity contribution in [1.29, 1.82) is 0 Å². The van der Waals surface area contributed by atoms with Gasteiger partial charge in [-0.25, -0.2) is 4.79 Å². The van der Waals surface area contributed by atoms with Gasteiger partial charge in [0, 0.05) is 18.4 Å². The zero-order valence-electron chi connectivity index (χ0n) is 18.5. The number of para-hydroxylation sites is 1. The highest BCUT2D eigenvalue weighted by molar-refractivity contribution is 7.80. The molecular weight excluding hydrogens is 426 g/mol. The Morgan fingerprint density at radius 2 is 1.78 bits per heavy atom. The van der Waals surface area contributed by atoms with E-state index in [9.17, 15) is 9.59 Å². The number of hydrogen-bond donors (Lipinski definition) is 2. The molecular formula is C24H27N3O4S. The largest absolute Gasteiger partial charge is 0.484 e. The van der Waals surface area contributed by atoms with Gasteiger partial charge in [-0.15, -0.1) is 0 Å². The zero-order valence-corrected chi connectivity index (χ0v) is 19.4. The van der Waals surface area contributed by atoms with Crippen molar-refractivity contribution in [3.8, 4) is 5.75 Å². The van der Waals surface area contributed by atoms with Gasteiger partial charge < -0.3 is 25.0 Å². The molecule has 0 spiro atoms. The van der Waals surface area contributed by atoms with E-state index in [2.05, 4.69) is 10.6 Å². The van der Waals surface area contributed by atoms with Crippen LogP contribution in [0.25, 0.3) is 0 Å². The van der Waals surface area contributed by atoms with Crippen LogP contribution in [0.1, 0.15) is 32.4 Å². The number of benzene rings is 2. The topological polar surface area (TPSA) is 79.9 Å². The highest BCUT2D eigenvalue weighted by atomic mass is 32.1. The molecule has 1 heterocycles. The van der Waals surface area contributed by atoms with E-state index in [1.54, 1.807) is 36.2 Å². The Kier molecular flexibility index (Phi) is 7.48. The summed E-state index contributed by atoms with van der Waals surface area (Å²) >= 11 is 5.42. The fraction of sp³-hybridized carbons (Fsp3) is 0.292. The summed E-state index contributed by atoms with van der Waals surface area (Å²) in [7, 11) is 1.81. The third kappa shape index (κ3) is 5.64. The molecule has 0 fully saturated rings. The molecule has 8 heteroatoms. The summed E-state index contributed by atoms with van der Waals surface area (Å²) in [5.41, 5.74) is 2.69. The van der Waals surface area contributed by atoms with Crippen LogP contribution in [0.3, 0.4) is 0 Å². The fourth-order valence-electron chi connectivity index (χ4n) is 3.25. The van der Waals surface area contributed by atoms with E-state index < -0.39 is 6.04 Å². The summed E-state index contributed by atoms with van der Waals surface area (Å²) in [6.07, 6.45) is -0.238. The number of hydrogen-bond acceptors (Lipinski definition) is 5. The standard InChI is InChI=1S/C24H27N3O4S/c1-15(2)31-23(29)21-16(3)27(4)24(32)26-22(21)17-10-12-18(13-11-17)25-20(28)14-30-19-8-6-5-7-9-19/h5-13,15,22H,14H2,1-4H3,(H,25,28)(H,26,32). The van der Waals surface area contributed by atoms with Crippen molar-refractivity contribution in [3.63, 3.8) is 0 Å². The van der Waals surface area contributed by atoms with Gasteiger partial charge >= 0.3 is 5.97 Å². The molecule has 3 rings (SSSR count). The molecule has 1 aliphatic heterocycles. The van der Waals surface area contributed by atoms with Crippen molar-refractivity contribution in [2.24, 2.45) is 0 Å². The van der Waals surface area contributed by atoms with Crippen LogP contribution in [0, 0.1) is 0 Å². The van der Waals surface area contributed by atoms with Crippen LogP contribution in [0.2, 0.25) is 0 Å². The van der Waals surface area contributed by atoms with Gasteiger partial charge in [0.05, 0.1) is 17.7 Å². The molecule has 1 unspecified atom stereocenters. The van der Waals surface area contributed by atoms with Crippen molar-refractivity contribution < 1.29 is 19.1 Å². The number of thiocarbonyl (C=S) groups is 1. The van der Waals surface area contributed by atoms with Gasteiger partial charge in [-0.2, -0.15) is 0 Å². The normalized spacial score (nSPS) is 16.0. The number of anilines is 1. The van der Waals surface area contributed by atoms with Crippen LogP contribution in [-0.4, -0.2) is 41.6 Å². The molecule has 1 atom stereocenters. The number of amides is 1. The minimum absolute atomic E-state index is 0.0936. The minimum Gasteiger partial charge on any atom is -0.484 e. The molecule has 32 heavy (non-hydrogen) atoms.